The molecule has 3 rings (SSSR count). The molecule has 0 spiro atoms. The summed E-state index contributed by atoms with van der Waals surface area (Å²) >= 11 is 5.99. The van der Waals surface area contributed by atoms with Crippen LogP contribution in [0.25, 0.3) is 16.7 Å². The molecule has 2 heterocycles. The lowest BCUT2D eigenvalue weighted by atomic mass is 10.2. The molecule has 6 heteroatoms. The zero-order chi connectivity index (χ0) is 14.4. The SMILES string of the molecule is Cc1cc2c(cc1F)nc(CCl)n2-c1cn(C)nc1C. The van der Waals surface area contributed by atoms with E-state index >= 15 is 0 Å². The highest BCUT2D eigenvalue weighted by Crippen LogP contribution is 2.26. The Labute approximate surface area is 120 Å². The lowest BCUT2D eigenvalue weighted by Gasteiger charge is -2.06. The summed E-state index contributed by atoms with van der Waals surface area (Å²) in [6, 6.07) is 3.24. The molecule has 0 aliphatic carbocycles. The maximum absolute atomic E-state index is 13.7. The van der Waals surface area contributed by atoms with Gasteiger partial charge in [-0.25, -0.2) is 9.37 Å². The Morgan fingerprint density at radius 3 is 2.65 bits per heavy atom. The number of aryl methyl sites for hydroxylation is 3. The predicted octanol–water partition coefficient (Wildman–Crippen LogP) is 3.25. The molecule has 0 amide bonds. The third-order valence-corrected chi connectivity index (χ3v) is 3.59. The van der Waals surface area contributed by atoms with E-state index in [0.29, 0.717) is 16.9 Å². The van der Waals surface area contributed by atoms with Gasteiger partial charge in [-0.3, -0.25) is 9.25 Å². The highest BCUT2D eigenvalue weighted by atomic mass is 35.5. The van der Waals surface area contributed by atoms with Crippen molar-refractivity contribution in [1.82, 2.24) is 19.3 Å². The molecule has 0 N–H and O–H groups in total. The van der Waals surface area contributed by atoms with Crippen LogP contribution in [0.3, 0.4) is 0 Å². The van der Waals surface area contributed by atoms with Gasteiger partial charge in [-0.1, -0.05) is 0 Å². The van der Waals surface area contributed by atoms with Crippen LogP contribution < -0.4 is 0 Å². The molecular weight excluding hydrogens is 279 g/mol. The van der Waals surface area contributed by atoms with Crippen molar-refractivity contribution in [2.75, 3.05) is 0 Å². The Hall–Kier alpha value is -1.88. The van der Waals surface area contributed by atoms with Crippen LogP contribution >= 0.6 is 11.6 Å². The van der Waals surface area contributed by atoms with E-state index in [-0.39, 0.29) is 11.7 Å². The normalized spacial score (nSPS) is 11.4. The highest BCUT2D eigenvalue weighted by Gasteiger charge is 2.16. The van der Waals surface area contributed by atoms with Crippen LogP contribution in [-0.2, 0) is 12.9 Å². The second-order valence-corrected chi connectivity index (χ2v) is 5.13. The van der Waals surface area contributed by atoms with Crippen LogP contribution in [0.4, 0.5) is 4.39 Å². The van der Waals surface area contributed by atoms with Gasteiger partial charge in [0.15, 0.2) is 0 Å². The van der Waals surface area contributed by atoms with Crippen LogP contribution in [0.1, 0.15) is 17.1 Å². The highest BCUT2D eigenvalue weighted by molar-refractivity contribution is 6.17. The third kappa shape index (κ3) is 1.89. The summed E-state index contributed by atoms with van der Waals surface area (Å²) in [5.74, 6) is 0.679. The summed E-state index contributed by atoms with van der Waals surface area (Å²) in [4.78, 5) is 4.41. The number of fused-ring (bicyclic) bond motifs is 1. The lowest BCUT2D eigenvalue weighted by molar-refractivity contribution is 0.620. The van der Waals surface area contributed by atoms with Gasteiger partial charge in [0.05, 0.1) is 28.3 Å². The summed E-state index contributed by atoms with van der Waals surface area (Å²) in [6.45, 7) is 3.66. The van der Waals surface area contributed by atoms with Gasteiger partial charge >= 0.3 is 0 Å². The fourth-order valence-electron chi connectivity index (χ4n) is 2.42. The standard InChI is InChI=1S/C14H14ClFN4/c1-8-4-12-11(5-10(8)16)17-14(6-15)20(12)13-7-19(3)18-9(13)2/h4-5,7H,6H2,1-3H3. The molecule has 4 nitrogen and oxygen atoms in total. The fraction of sp³-hybridized carbons (Fsp3) is 0.286. The first kappa shape index (κ1) is 13.1. The molecule has 0 bridgehead atoms. The number of aromatic nitrogens is 4. The first-order valence-electron chi connectivity index (χ1n) is 6.25. The molecule has 0 fully saturated rings. The van der Waals surface area contributed by atoms with E-state index in [2.05, 4.69) is 10.1 Å². The molecule has 1 aromatic carbocycles. The number of rotatable bonds is 2. The van der Waals surface area contributed by atoms with Gasteiger partial charge in [0.25, 0.3) is 0 Å². The molecule has 2 aromatic heterocycles. The minimum Gasteiger partial charge on any atom is -0.292 e. The quantitative estimate of drug-likeness (QED) is 0.680. The van der Waals surface area contributed by atoms with E-state index in [9.17, 15) is 4.39 Å². The fourth-order valence-corrected chi connectivity index (χ4v) is 2.60. The Morgan fingerprint density at radius 2 is 2.05 bits per heavy atom. The molecule has 3 aromatic rings. The number of hydrogen-bond donors (Lipinski definition) is 0. The average Bonchev–Trinajstić information content (AvgIpc) is 2.89. The van der Waals surface area contributed by atoms with Gasteiger partial charge in [0.2, 0.25) is 0 Å². The monoisotopic (exact) mass is 292 g/mol. The number of alkyl halides is 1. The Balaban J connectivity index is 2.38. The van der Waals surface area contributed by atoms with Gasteiger partial charge in [0, 0.05) is 19.3 Å². The number of halogens is 2. The minimum atomic E-state index is -0.258. The lowest BCUT2D eigenvalue weighted by Crippen LogP contribution is -2.00. The first-order chi connectivity index (χ1) is 9.51. The molecule has 20 heavy (non-hydrogen) atoms. The molecule has 0 unspecified atom stereocenters. The van der Waals surface area contributed by atoms with E-state index in [1.54, 1.807) is 17.7 Å². The smallest absolute Gasteiger partial charge is 0.129 e. The van der Waals surface area contributed by atoms with E-state index in [1.807, 2.05) is 24.7 Å². The number of hydrogen-bond acceptors (Lipinski definition) is 2. The first-order valence-corrected chi connectivity index (χ1v) is 6.78. The Bertz CT molecular complexity index is 803. The summed E-state index contributed by atoms with van der Waals surface area (Å²) in [7, 11) is 1.86. The second kappa shape index (κ2) is 4.59. The third-order valence-electron chi connectivity index (χ3n) is 3.35. The van der Waals surface area contributed by atoms with E-state index in [0.717, 1.165) is 16.9 Å². The van der Waals surface area contributed by atoms with Crippen LogP contribution in [0.5, 0.6) is 0 Å². The van der Waals surface area contributed by atoms with Crippen molar-refractivity contribution >= 4 is 22.6 Å². The Kier molecular flexibility index (Phi) is 3.01. The van der Waals surface area contributed by atoms with Gasteiger partial charge in [-0.05, 0) is 25.5 Å². The van der Waals surface area contributed by atoms with Gasteiger partial charge in [0.1, 0.15) is 11.6 Å². The molecule has 0 aliphatic heterocycles. The maximum Gasteiger partial charge on any atom is 0.129 e. The molecular formula is C14H14ClFN4. The zero-order valence-electron chi connectivity index (χ0n) is 11.5. The van der Waals surface area contributed by atoms with Crippen molar-refractivity contribution in [3.05, 3.63) is 41.2 Å². The second-order valence-electron chi connectivity index (χ2n) is 4.86. The molecule has 0 aliphatic rings. The average molecular weight is 293 g/mol. The summed E-state index contributed by atoms with van der Waals surface area (Å²) in [5.41, 5.74) is 3.82. The van der Waals surface area contributed by atoms with Crippen molar-refractivity contribution in [2.45, 2.75) is 19.7 Å². The Morgan fingerprint density at radius 1 is 1.30 bits per heavy atom. The molecule has 0 radical (unpaired) electrons. The van der Waals surface area contributed by atoms with Crippen molar-refractivity contribution in [3.63, 3.8) is 0 Å². The zero-order valence-corrected chi connectivity index (χ0v) is 12.2. The van der Waals surface area contributed by atoms with Gasteiger partial charge in [-0.2, -0.15) is 5.10 Å². The number of benzene rings is 1. The van der Waals surface area contributed by atoms with Crippen molar-refractivity contribution in [3.8, 4) is 5.69 Å². The van der Waals surface area contributed by atoms with E-state index < -0.39 is 0 Å². The summed E-state index contributed by atoms with van der Waals surface area (Å²) in [6.07, 6.45) is 1.91. The topological polar surface area (TPSA) is 35.6 Å². The van der Waals surface area contributed by atoms with E-state index in [1.165, 1.54) is 6.07 Å². The summed E-state index contributed by atoms with van der Waals surface area (Å²) in [5, 5.41) is 4.34. The van der Waals surface area contributed by atoms with Crippen molar-refractivity contribution in [1.29, 1.82) is 0 Å². The molecule has 0 atom stereocenters. The van der Waals surface area contributed by atoms with Crippen LogP contribution in [0.2, 0.25) is 0 Å². The van der Waals surface area contributed by atoms with Crippen LogP contribution in [-0.4, -0.2) is 19.3 Å². The predicted molar refractivity (Wildman–Crippen MR) is 76.8 cm³/mol. The van der Waals surface area contributed by atoms with Gasteiger partial charge < -0.3 is 0 Å². The van der Waals surface area contributed by atoms with Gasteiger partial charge in [-0.15, -0.1) is 11.6 Å². The number of imidazole rings is 1. The van der Waals surface area contributed by atoms with Crippen LogP contribution in [0, 0.1) is 19.7 Å². The van der Waals surface area contributed by atoms with Crippen molar-refractivity contribution in [2.24, 2.45) is 7.05 Å². The largest absolute Gasteiger partial charge is 0.292 e. The van der Waals surface area contributed by atoms with E-state index in [4.69, 9.17) is 11.6 Å². The number of nitrogens with zero attached hydrogens (tertiary/aromatic N) is 4. The van der Waals surface area contributed by atoms with Crippen LogP contribution in [0.15, 0.2) is 18.3 Å². The molecule has 104 valence electrons. The molecule has 0 saturated heterocycles. The van der Waals surface area contributed by atoms with Crippen molar-refractivity contribution < 1.29 is 4.39 Å². The minimum absolute atomic E-state index is 0.254. The summed E-state index contributed by atoms with van der Waals surface area (Å²) < 4.78 is 17.4. The maximum atomic E-state index is 13.7. The molecule has 0 saturated carbocycles.